The van der Waals surface area contributed by atoms with Crippen molar-refractivity contribution in [2.45, 2.75) is 33.6 Å². The molecular weight excluding hydrogens is 460 g/mol. The van der Waals surface area contributed by atoms with E-state index in [1.165, 1.54) is 40.8 Å². The maximum Gasteiger partial charge on any atom is 0.212 e. The third-order valence-electron chi connectivity index (χ3n) is 6.03. The van der Waals surface area contributed by atoms with E-state index in [1.54, 1.807) is 0 Å². The molecular formula is C36H39N2+. The van der Waals surface area contributed by atoms with Crippen molar-refractivity contribution in [3.8, 4) is 33.6 Å². The molecule has 0 unspecified atom stereocenters. The number of hydrogen-bond acceptors (Lipinski definition) is 1. The van der Waals surface area contributed by atoms with Gasteiger partial charge in [-0.05, 0) is 55.2 Å². The highest BCUT2D eigenvalue weighted by molar-refractivity contribution is 5.66. The number of aryl methyl sites for hydroxylation is 2. The Labute approximate surface area is 229 Å². The van der Waals surface area contributed by atoms with Crippen LogP contribution in [0.5, 0.6) is 0 Å². The van der Waals surface area contributed by atoms with Crippen LogP contribution >= 0.6 is 0 Å². The van der Waals surface area contributed by atoms with E-state index in [2.05, 4.69) is 129 Å². The predicted octanol–water partition coefficient (Wildman–Crippen LogP) is 9.26. The van der Waals surface area contributed by atoms with Crippen LogP contribution in [0.1, 0.15) is 32.3 Å². The normalized spacial score (nSPS) is 10.2. The van der Waals surface area contributed by atoms with Gasteiger partial charge in [-0.3, -0.25) is 4.98 Å². The fraction of sp³-hybridized carbons (Fsp3) is 0.167. The summed E-state index contributed by atoms with van der Waals surface area (Å²) in [5, 5.41) is 0. The minimum Gasteiger partial charge on any atom is -0.256 e. The van der Waals surface area contributed by atoms with Crippen molar-refractivity contribution >= 4 is 0 Å². The smallest absolute Gasteiger partial charge is 0.212 e. The molecule has 0 aliphatic carbocycles. The molecule has 0 spiro atoms. The van der Waals surface area contributed by atoms with Crippen LogP contribution in [0.3, 0.4) is 0 Å². The van der Waals surface area contributed by atoms with Crippen molar-refractivity contribution in [2.75, 3.05) is 0 Å². The average molecular weight is 500 g/mol. The van der Waals surface area contributed by atoms with Gasteiger partial charge in [-0.1, -0.05) is 111 Å². The largest absolute Gasteiger partial charge is 0.256 e. The fourth-order valence-corrected chi connectivity index (χ4v) is 4.02. The molecule has 2 aromatic heterocycles. The van der Waals surface area contributed by atoms with Crippen LogP contribution in [0.15, 0.2) is 140 Å². The molecule has 0 aliphatic rings. The quantitative estimate of drug-likeness (QED) is 0.174. The van der Waals surface area contributed by atoms with Gasteiger partial charge in [0, 0.05) is 29.0 Å². The zero-order valence-corrected chi connectivity index (χ0v) is 23.1. The lowest BCUT2D eigenvalue weighted by Crippen LogP contribution is -2.30. The summed E-state index contributed by atoms with van der Waals surface area (Å²) < 4.78 is 2.20. The fourth-order valence-electron chi connectivity index (χ4n) is 4.02. The summed E-state index contributed by atoms with van der Waals surface area (Å²) >= 11 is 0. The number of pyridine rings is 2. The van der Waals surface area contributed by atoms with Gasteiger partial charge in [0.2, 0.25) is 5.69 Å². The van der Waals surface area contributed by atoms with E-state index in [0.717, 1.165) is 11.3 Å². The van der Waals surface area contributed by atoms with E-state index >= 15 is 0 Å². The predicted molar refractivity (Wildman–Crippen MR) is 163 cm³/mol. The molecule has 3 aromatic carbocycles. The van der Waals surface area contributed by atoms with Crippen molar-refractivity contribution in [2.24, 2.45) is 7.05 Å². The summed E-state index contributed by atoms with van der Waals surface area (Å²) in [6.07, 6.45) is 10.7. The van der Waals surface area contributed by atoms with E-state index in [0.29, 0.717) is 0 Å². The summed E-state index contributed by atoms with van der Waals surface area (Å²) in [4.78, 5) is 4.25. The number of nitrogens with zero attached hydrogens (tertiary/aromatic N) is 2. The molecule has 0 N–H and O–H groups in total. The number of hydrogen-bond donors (Lipinski definition) is 0. The minimum atomic E-state index is 1.03. The van der Waals surface area contributed by atoms with Gasteiger partial charge >= 0.3 is 0 Å². The van der Waals surface area contributed by atoms with Crippen LogP contribution in [-0.2, 0) is 7.05 Å². The van der Waals surface area contributed by atoms with Gasteiger partial charge in [-0.15, -0.1) is 0 Å². The van der Waals surface area contributed by atoms with E-state index < -0.39 is 0 Å². The first-order chi connectivity index (χ1) is 18.6. The van der Waals surface area contributed by atoms with Crippen molar-refractivity contribution < 1.29 is 4.57 Å². The molecule has 0 atom stereocenters. The molecule has 38 heavy (non-hydrogen) atoms. The summed E-state index contributed by atoms with van der Waals surface area (Å²) in [6, 6.07) is 39.5. The van der Waals surface area contributed by atoms with Crippen LogP contribution in [0.2, 0.25) is 0 Å². The molecule has 2 heterocycles. The number of allylic oxidation sites excluding steroid dienone is 2. The van der Waals surface area contributed by atoms with Crippen molar-refractivity contribution in [1.82, 2.24) is 4.98 Å². The lowest BCUT2D eigenvalue weighted by atomic mass is 10.0. The maximum absolute atomic E-state index is 4.25. The molecule has 2 heteroatoms. The molecule has 5 rings (SSSR count). The van der Waals surface area contributed by atoms with E-state index in [9.17, 15) is 0 Å². The SMILES string of the molecule is CCC=CCC.Cc1ccccc1-c1ccc(-c2ccccc2)c[n+]1C.c1ccc(-c2ccccn2)cc1. The molecule has 0 saturated carbocycles. The van der Waals surface area contributed by atoms with Crippen LogP contribution in [0.4, 0.5) is 0 Å². The molecule has 0 aliphatic heterocycles. The van der Waals surface area contributed by atoms with Crippen molar-refractivity contribution in [3.63, 3.8) is 0 Å². The van der Waals surface area contributed by atoms with E-state index in [1.807, 2.05) is 48.7 Å². The highest BCUT2D eigenvalue weighted by Crippen LogP contribution is 2.23. The monoisotopic (exact) mass is 499 g/mol. The van der Waals surface area contributed by atoms with Gasteiger partial charge in [0.05, 0.1) is 5.69 Å². The second-order valence-corrected chi connectivity index (χ2v) is 8.96. The maximum atomic E-state index is 4.25. The third-order valence-corrected chi connectivity index (χ3v) is 6.03. The van der Waals surface area contributed by atoms with E-state index in [-0.39, 0.29) is 0 Å². The van der Waals surface area contributed by atoms with Crippen molar-refractivity contribution in [1.29, 1.82) is 0 Å². The first-order valence-electron chi connectivity index (χ1n) is 13.4. The lowest BCUT2D eigenvalue weighted by Gasteiger charge is -2.06. The average Bonchev–Trinajstić information content (AvgIpc) is 2.98. The Hall–Kier alpha value is -4.30. The second kappa shape index (κ2) is 15.7. The Morgan fingerprint density at radius 3 is 1.74 bits per heavy atom. The molecule has 0 saturated heterocycles. The molecule has 0 bridgehead atoms. The Bertz CT molecular complexity index is 1330. The summed E-state index contributed by atoms with van der Waals surface area (Å²) in [5.74, 6) is 0. The third kappa shape index (κ3) is 8.67. The number of benzene rings is 3. The van der Waals surface area contributed by atoms with E-state index in [4.69, 9.17) is 0 Å². The Balaban J connectivity index is 0.000000188. The molecule has 0 amide bonds. The van der Waals surface area contributed by atoms with Crippen LogP contribution < -0.4 is 4.57 Å². The van der Waals surface area contributed by atoms with Crippen LogP contribution in [0.25, 0.3) is 33.6 Å². The first kappa shape index (κ1) is 28.3. The zero-order valence-electron chi connectivity index (χ0n) is 23.1. The number of rotatable bonds is 5. The zero-order chi connectivity index (χ0) is 27.0. The standard InChI is InChI=1S/C19H18N.C11H9N.C6H12/c1-15-8-6-7-11-18(15)19-13-12-17(14-20(19)2)16-9-4-3-5-10-16;1-2-6-10(7-3-1)11-8-4-5-9-12-11;1-3-5-6-4-2/h3-14H,1-2H3;1-9H;5-6H,3-4H2,1-2H3/q+1;;. The van der Waals surface area contributed by atoms with Crippen LogP contribution in [-0.4, -0.2) is 4.98 Å². The van der Waals surface area contributed by atoms with Gasteiger partial charge in [-0.2, -0.15) is 0 Å². The molecule has 2 nitrogen and oxygen atoms in total. The molecule has 0 fully saturated rings. The van der Waals surface area contributed by atoms with Gasteiger partial charge in [0.25, 0.3) is 0 Å². The summed E-state index contributed by atoms with van der Waals surface area (Å²) in [6.45, 7) is 6.44. The van der Waals surface area contributed by atoms with Crippen LogP contribution in [0, 0.1) is 6.92 Å². The summed E-state index contributed by atoms with van der Waals surface area (Å²) in [5.41, 5.74) is 8.51. The molecule has 0 radical (unpaired) electrons. The summed E-state index contributed by atoms with van der Waals surface area (Å²) in [7, 11) is 2.11. The first-order valence-corrected chi connectivity index (χ1v) is 13.4. The topological polar surface area (TPSA) is 16.8 Å². The lowest BCUT2D eigenvalue weighted by molar-refractivity contribution is -0.659. The molecule has 5 aromatic rings. The Morgan fingerprint density at radius 1 is 0.605 bits per heavy atom. The number of aromatic nitrogens is 2. The Kier molecular flexibility index (Phi) is 11.7. The Morgan fingerprint density at radius 2 is 1.18 bits per heavy atom. The highest BCUT2D eigenvalue weighted by Gasteiger charge is 2.13. The second-order valence-electron chi connectivity index (χ2n) is 8.96. The van der Waals surface area contributed by atoms with Gasteiger partial charge in [-0.25, -0.2) is 4.57 Å². The van der Waals surface area contributed by atoms with Gasteiger partial charge in [0.1, 0.15) is 7.05 Å². The van der Waals surface area contributed by atoms with Crippen molar-refractivity contribution in [3.05, 3.63) is 145 Å². The minimum absolute atomic E-state index is 1.03. The molecule has 192 valence electrons. The highest BCUT2D eigenvalue weighted by atomic mass is 14.9. The van der Waals surface area contributed by atoms with Gasteiger partial charge in [0.15, 0.2) is 6.20 Å². The van der Waals surface area contributed by atoms with Gasteiger partial charge < -0.3 is 0 Å².